The number of rotatable bonds is 6. The molecular weight excluding hydrogens is 288 g/mol. The normalized spacial score (nSPS) is 26.0. The van der Waals surface area contributed by atoms with Gasteiger partial charge in [-0.3, -0.25) is 0 Å². The topological polar surface area (TPSA) is 67.4 Å². The van der Waals surface area contributed by atoms with Crippen molar-refractivity contribution in [2.24, 2.45) is 0 Å². The van der Waals surface area contributed by atoms with Crippen molar-refractivity contribution < 1.29 is 13.2 Å². The van der Waals surface area contributed by atoms with Crippen LogP contribution in [0.15, 0.2) is 29.2 Å². The third-order valence-corrected chi connectivity index (χ3v) is 5.69. The van der Waals surface area contributed by atoms with Gasteiger partial charge in [0, 0.05) is 24.9 Å². The molecule has 2 fully saturated rings. The van der Waals surface area contributed by atoms with Gasteiger partial charge >= 0.3 is 0 Å². The lowest BCUT2D eigenvalue weighted by molar-refractivity contribution is 0.108. The minimum atomic E-state index is -3.35. The van der Waals surface area contributed by atoms with Crippen molar-refractivity contribution in [3.05, 3.63) is 24.3 Å². The minimum Gasteiger partial charge on any atom is -0.382 e. The minimum absolute atomic E-state index is 0.136. The predicted octanol–water partition coefficient (Wildman–Crippen LogP) is 2.11. The van der Waals surface area contributed by atoms with Crippen LogP contribution in [-0.4, -0.2) is 33.7 Å². The van der Waals surface area contributed by atoms with Crippen molar-refractivity contribution in [3.63, 3.8) is 0 Å². The second-order valence-corrected chi connectivity index (χ2v) is 7.65. The average Bonchev–Trinajstić information content (AvgIpc) is 3.15. The maximum absolute atomic E-state index is 12.1. The van der Waals surface area contributed by atoms with Gasteiger partial charge in [-0.15, -0.1) is 0 Å². The molecule has 2 aliphatic carbocycles. The molecule has 6 heteroatoms. The van der Waals surface area contributed by atoms with Crippen LogP contribution >= 0.6 is 0 Å². The van der Waals surface area contributed by atoms with E-state index in [0.29, 0.717) is 17.0 Å². The van der Waals surface area contributed by atoms with Gasteiger partial charge in [0.2, 0.25) is 10.0 Å². The molecule has 5 nitrogen and oxygen atoms in total. The number of sulfonamides is 1. The summed E-state index contributed by atoms with van der Waals surface area (Å²) >= 11 is 0. The summed E-state index contributed by atoms with van der Waals surface area (Å²) in [6.45, 7) is 0. The Hall–Kier alpha value is -1.11. The highest BCUT2D eigenvalue weighted by Gasteiger charge is 2.28. The third-order valence-electron chi connectivity index (χ3n) is 4.15. The fraction of sp³-hybridized carbons (Fsp3) is 0.600. The number of nitrogens with one attached hydrogen (secondary N) is 2. The van der Waals surface area contributed by atoms with Gasteiger partial charge in [0.05, 0.1) is 11.0 Å². The smallest absolute Gasteiger partial charge is 0.240 e. The molecule has 0 amide bonds. The van der Waals surface area contributed by atoms with Crippen LogP contribution in [0.1, 0.15) is 32.1 Å². The van der Waals surface area contributed by atoms with Gasteiger partial charge in [-0.05, 0) is 56.4 Å². The molecule has 0 aliphatic heterocycles. The van der Waals surface area contributed by atoms with Gasteiger partial charge in [0.1, 0.15) is 0 Å². The molecule has 21 heavy (non-hydrogen) atoms. The summed E-state index contributed by atoms with van der Waals surface area (Å²) in [5, 5.41) is 3.44. The molecule has 0 heterocycles. The summed E-state index contributed by atoms with van der Waals surface area (Å²) in [4.78, 5) is 0.334. The van der Waals surface area contributed by atoms with Gasteiger partial charge in [-0.1, -0.05) is 0 Å². The Bertz CT molecular complexity index is 581. The molecule has 116 valence electrons. The van der Waals surface area contributed by atoms with Crippen LogP contribution in [0.4, 0.5) is 5.69 Å². The van der Waals surface area contributed by atoms with Crippen LogP contribution in [0.25, 0.3) is 0 Å². The van der Waals surface area contributed by atoms with E-state index in [-0.39, 0.29) is 6.04 Å². The number of ether oxygens (including phenoxy) is 1. The quantitative estimate of drug-likeness (QED) is 0.844. The SMILES string of the molecule is COC1CCC(Nc2ccc(S(=O)(=O)NC3CC3)cc2)C1. The molecule has 0 aromatic heterocycles. The summed E-state index contributed by atoms with van der Waals surface area (Å²) in [6, 6.07) is 7.54. The molecule has 3 rings (SSSR count). The van der Waals surface area contributed by atoms with E-state index in [1.54, 1.807) is 19.2 Å². The number of benzene rings is 1. The number of anilines is 1. The van der Waals surface area contributed by atoms with Crippen LogP contribution in [0.5, 0.6) is 0 Å². The molecule has 1 aromatic rings. The zero-order chi connectivity index (χ0) is 14.9. The molecule has 2 aliphatic rings. The van der Waals surface area contributed by atoms with Crippen LogP contribution in [0, 0.1) is 0 Å². The van der Waals surface area contributed by atoms with E-state index < -0.39 is 10.0 Å². The Morgan fingerprint density at radius 1 is 1.05 bits per heavy atom. The fourth-order valence-electron chi connectivity index (χ4n) is 2.74. The van der Waals surface area contributed by atoms with Crippen molar-refractivity contribution in [2.75, 3.05) is 12.4 Å². The molecule has 2 atom stereocenters. The zero-order valence-electron chi connectivity index (χ0n) is 12.2. The van der Waals surface area contributed by atoms with Crippen molar-refractivity contribution in [1.29, 1.82) is 0 Å². The first-order valence-electron chi connectivity index (χ1n) is 7.48. The van der Waals surface area contributed by atoms with E-state index in [9.17, 15) is 8.42 Å². The van der Waals surface area contributed by atoms with E-state index in [0.717, 1.165) is 37.8 Å². The summed E-state index contributed by atoms with van der Waals surface area (Å²) in [5.41, 5.74) is 0.960. The lowest BCUT2D eigenvalue weighted by atomic mass is 10.2. The highest BCUT2D eigenvalue weighted by molar-refractivity contribution is 7.89. The Morgan fingerprint density at radius 2 is 1.71 bits per heavy atom. The second-order valence-electron chi connectivity index (χ2n) is 5.93. The largest absolute Gasteiger partial charge is 0.382 e. The van der Waals surface area contributed by atoms with Gasteiger partial charge in [0.25, 0.3) is 0 Å². The molecule has 0 bridgehead atoms. The summed E-state index contributed by atoms with van der Waals surface area (Å²) in [6.07, 6.45) is 5.39. The molecule has 2 saturated carbocycles. The average molecular weight is 310 g/mol. The van der Waals surface area contributed by atoms with E-state index >= 15 is 0 Å². The van der Waals surface area contributed by atoms with Crippen LogP contribution in [0.3, 0.4) is 0 Å². The number of methoxy groups -OCH3 is 1. The van der Waals surface area contributed by atoms with Crippen LogP contribution in [-0.2, 0) is 14.8 Å². The maximum Gasteiger partial charge on any atom is 0.240 e. The van der Waals surface area contributed by atoms with Gasteiger partial charge in [0.15, 0.2) is 0 Å². The fourth-order valence-corrected chi connectivity index (χ4v) is 4.04. The van der Waals surface area contributed by atoms with Gasteiger partial charge in [-0.25, -0.2) is 13.1 Å². The summed E-state index contributed by atoms with van der Waals surface area (Å²) < 4.78 is 32.2. The van der Waals surface area contributed by atoms with E-state index in [1.807, 2.05) is 12.1 Å². The first-order valence-corrected chi connectivity index (χ1v) is 8.97. The molecule has 0 radical (unpaired) electrons. The molecule has 2 N–H and O–H groups in total. The molecule has 0 saturated heterocycles. The number of hydrogen-bond acceptors (Lipinski definition) is 4. The first kappa shape index (κ1) is 14.8. The lowest BCUT2D eigenvalue weighted by Gasteiger charge is -2.15. The van der Waals surface area contributed by atoms with Gasteiger partial charge in [-0.2, -0.15) is 0 Å². The molecular formula is C15H22N2O3S. The third kappa shape index (κ3) is 3.75. The first-order chi connectivity index (χ1) is 10.1. The van der Waals surface area contributed by atoms with Crippen molar-refractivity contribution in [3.8, 4) is 0 Å². The standard InChI is InChI=1S/C15H22N2O3S/c1-20-14-7-4-13(10-14)16-11-5-8-15(9-6-11)21(18,19)17-12-2-3-12/h5-6,8-9,12-14,16-17H,2-4,7,10H2,1H3. The Kier molecular flexibility index (Phi) is 4.19. The van der Waals surface area contributed by atoms with Crippen LogP contribution in [0.2, 0.25) is 0 Å². The molecule has 2 unspecified atom stereocenters. The van der Waals surface area contributed by atoms with Crippen molar-refractivity contribution in [1.82, 2.24) is 4.72 Å². The monoisotopic (exact) mass is 310 g/mol. The van der Waals surface area contributed by atoms with E-state index in [2.05, 4.69) is 10.0 Å². The number of hydrogen-bond donors (Lipinski definition) is 2. The summed E-state index contributed by atoms with van der Waals surface area (Å²) in [7, 11) is -1.60. The summed E-state index contributed by atoms with van der Waals surface area (Å²) in [5.74, 6) is 0. The van der Waals surface area contributed by atoms with E-state index in [4.69, 9.17) is 4.74 Å². The Labute approximate surface area is 126 Å². The van der Waals surface area contributed by atoms with Crippen molar-refractivity contribution in [2.45, 2.75) is 55.2 Å². The lowest BCUT2D eigenvalue weighted by Crippen LogP contribution is -2.25. The highest BCUT2D eigenvalue weighted by atomic mass is 32.2. The maximum atomic E-state index is 12.1. The van der Waals surface area contributed by atoms with E-state index in [1.165, 1.54) is 0 Å². The van der Waals surface area contributed by atoms with Gasteiger partial charge < -0.3 is 10.1 Å². The molecule has 1 aromatic carbocycles. The Morgan fingerprint density at radius 3 is 2.29 bits per heavy atom. The molecule has 0 spiro atoms. The predicted molar refractivity (Wildman–Crippen MR) is 81.8 cm³/mol. The zero-order valence-corrected chi connectivity index (χ0v) is 13.0. The Balaban J connectivity index is 1.61. The second kappa shape index (κ2) is 5.94. The highest BCUT2D eigenvalue weighted by Crippen LogP contribution is 2.26. The van der Waals surface area contributed by atoms with Crippen LogP contribution < -0.4 is 10.0 Å². The van der Waals surface area contributed by atoms with Crippen molar-refractivity contribution >= 4 is 15.7 Å².